The van der Waals surface area contributed by atoms with Crippen molar-refractivity contribution in [2.45, 2.75) is 58.7 Å². The first-order chi connectivity index (χ1) is 10.2. The van der Waals surface area contributed by atoms with Gasteiger partial charge in [-0.05, 0) is 25.7 Å². The minimum absolute atomic E-state index is 0.300. The second-order valence-electron chi connectivity index (χ2n) is 5.72. The molecule has 0 N–H and O–H groups in total. The van der Waals surface area contributed by atoms with Crippen molar-refractivity contribution < 1.29 is 14.3 Å². The number of ether oxygens (including phenoxy) is 2. The van der Waals surface area contributed by atoms with Crippen molar-refractivity contribution in [1.29, 1.82) is 0 Å². The molecule has 1 aromatic heterocycles. The van der Waals surface area contributed by atoms with Crippen molar-refractivity contribution in [1.82, 2.24) is 9.78 Å². The van der Waals surface area contributed by atoms with Crippen LogP contribution in [0.15, 0.2) is 6.20 Å². The van der Waals surface area contributed by atoms with Gasteiger partial charge in [-0.25, -0.2) is 4.79 Å². The van der Waals surface area contributed by atoms with Gasteiger partial charge >= 0.3 is 5.97 Å². The van der Waals surface area contributed by atoms with Crippen LogP contribution >= 0.6 is 0 Å². The highest BCUT2D eigenvalue weighted by atomic mass is 16.5. The van der Waals surface area contributed by atoms with E-state index in [0.29, 0.717) is 24.9 Å². The molecule has 5 heteroatoms. The van der Waals surface area contributed by atoms with E-state index in [1.807, 2.05) is 7.05 Å². The Hall–Kier alpha value is -1.36. The quantitative estimate of drug-likeness (QED) is 0.757. The first-order valence-electron chi connectivity index (χ1n) is 7.95. The first-order valence-corrected chi connectivity index (χ1v) is 7.95. The Morgan fingerprint density at radius 1 is 1.43 bits per heavy atom. The van der Waals surface area contributed by atoms with E-state index < -0.39 is 0 Å². The summed E-state index contributed by atoms with van der Waals surface area (Å²) in [6.45, 7) is 4.84. The van der Waals surface area contributed by atoms with Crippen LogP contribution in [-0.2, 0) is 23.1 Å². The molecule has 0 amide bonds. The molecule has 2 atom stereocenters. The van der Waals surface area contributed by atoms with E-state index in [9.17, 15) is 4.79 Å². The summed E-state index contributed by atoms with van der Waals surface area (Å²) >= 11 is 0. The maximum atomic E-state index is 11.9. The van der Waals surface area contributed by atoms with Gasteiger partial charge in [-0.2, -0.15) is 5.10 Å². The molecule has 0 aliphatic heterocycles. The fraction of sp³-hybridized carbons (Fsp3) is 0.750. The number of aryl methyl sites for hydroxylation is 1. The van der Waals surface area contributed by atoms with Gasteiger partial charge in [0.25, 0.3) is 0 Å². The Kier molecular flexibility index (Phi) is 5.79. The molecule has 0 radical (unpaired) electrons. The molecule has 1 fully saturated rings. The zero-order valence-corrected chi connectivity index (χ0v) is 13.3. The van der Waals surface area contributed by atoms with E-state index in [0.717, 1.165) is 24.5 Å². The SMILES string of the molecule is CCOC(=O)c1cnn(C)c1COC1CCCC(CC)C1. The van der Waals surface area contributed by atoms with Gasteiger partial charge in [-0.1, -0.05) is 26.2 Å². The lowest BCUT2D eigenvalue weighted by molar-refractivity contribution is -0.00154. The molecule has 0 spiro atoms. The fourth-order valence-electron chi connectivity index (χ4n) is 2.97. The van der Waals surface area contributed by atoms with Crippen LogP contribution in [0.4, 0.5) is 0 Å². The summed E-state index contributed by atoms with van der Waals surface area (Å²) < 4.78 is 12.8. The standard InChI is InChI=1S/C16H26N2O3/c1-4-12-7-6-8-13(9-12)21-11-15-14(10-17-18(15)3)16(19)20-5-2/h10,12-13H,4-9,11H2,1-3H3. The summed E-state index contributed by atoms with van der Waals surface area (Å²) in [7, 11) is 1.83. The van der Waals surface area contributed by atoms with Crippen LogP contribution in [0, 0.1) is 5.92 Å². The molecule has 2 unspecified atom stereocenters. The van der Waals surface area contributed by atoms with Crippen molar-refractivity contribution in [3.05, 3.63) is 17.5 Å². The molecule has 1 saturated carbocycles. The van der Waals surface area contributed by atoms with Crippen LogP contribution in [0.3, 0.4) is 0 Å². The molecule has 2 rings (SSSR count). The molecule has 1 aliphatic rings. The van der Waals surface area contributed by atoms with Crippen molar-refractivity contribution in [3.8, 4) is 0 Å². The average Bonchev–Trinajstić information content (AvgIpc) is 2.86. The highest BCUT2D eigenvalue weighted by Gasteiger charge is 2.23. The molecule has 5 nitrogen and oxygen atoms in total. The topological polar surface area (TPSA) is 53.3 Å². The number of carbonyl (C=O) groups is 1. The Morgan fingerprint density at radius 3 is 2.95 bits per heavy atom. The molecule has 21 heavy (non-hydrogen) atoms. The van der Waals surface area contributed by atoms with Gasteiger partial charge in [0.15, 0.2) is 0 Å². The third-order valence-electron chi connectivity index (χ3n) is 4.32. The Balaban J connectivity index is 1.96. The Labute approximate surface area is 126 Å². The van der Waals surface area contributed by atoms with E-state index in [-0.39, 0.29) is 5.97 Å². The van der Waals surface area contributed by atoms with Crippen LogP contribution in [0.25, 0.3) is 0 Å². The third kappa shape index (κ3) is 4.06. The van der Waals surface area contributed by atoms with Crippen LogP contribution in [0.5, 0.6) is 0 Å². The minimum atomic E-state index is -0.320. The average molecular weight is 294 g/mol. The molecule has 118 valence electrons. The molecule has 0 saturated heterocycles. The number of rotatable bonds is 6. The minimum Gasteiger partial charge on any atom is -0.462 e. The van der Waals surface area contributed by atoms with Gasteiger partial charge in [0.2, 0.25) is 0 Å². The number of hydrogen-bond acceptors (Lipinski definition) is 4. The number of nitrogens with zero attached hydrogens (tertiary/aromatic N) is 2. The van der Waals surface area contributed by atoms with E-state index >= 15 is 0 Å². The monoisotopic (exact) mass is 294 g/mol. The maximum Gasteiger partial charge on any atom is 0.341 e. The van der Waals surface area contributed by atoms with Gasteiger partial charge in [0.05, 0.1) is 31.2 Å². The van der Waals surface area contributed by atoms with E-state index in [2.05, 4.69) is 12.0 Å². The number of hydrogen-bond donors (Lipinski definition) is 0. The second-order valence-corrected chi connectivity index (χ2v) is 5.72. The predicted octanol–water partition coefficient (Wildman–Crippen LogP) is 3.08. The van der Waals surface area contributed by atoms with Crippen LogP contribution in [0.2, 0.25) is 0 Å². The zero-order valence-electron chi connectivity index (χ0n) is 13.3. The van der Waals surface area contributed by atoms with Crippen LogP contribution in [0.1, 0.15) is 62.0 Å². The summed E-state index contributed by atoms with van der Waals surface area (Å²) in [5.41, 5.74) is 1.31. The number of esters is 1. The lowest BCUT2D eigenvalue weighted by Crippen LogP contribution is -2.23. The van der Waals surface area contributed by atoms with Gasteiger partial charge in [0, 0.05) is 7.05 Å². The summed E-state index contributed by atoms with van der Waals surface area (Å²) in [5.74, 6) is 0.457. The van der Waals surface area contributed by atoms with Gasteiger partial charge in [-0.15, -0.1) is 0 Å². The normalized spacial score (nSPS) is 22.2. The van der Waals surface area contributed by atoms with Crippen LogP contribution in [-0.4, -0.2) is 28.5 Å². The Morgan fingerprint density at radius 2 is 2.24 bits per heavy atom. The lowest BCUT2D eigenvalue weighted by atomic mass is 9.85. The predicted molar refractivity (Wildman–Crippen MR) is 80.0 cm³/mol. The smallest absolute Gasteiger partial charge is 0.341 e. The van der Waals surface area contributed by atoms with Gasteiger partial charge in [0.1, 0.15) is 5.56 Å². The van der Waals surface area contributed by atoms with Crippen molar-refractivity contribution >= 4 is 5.97 Å². The molecule has 1 aromatic rings. The van der Waals surface area contributed by atoms with E-state index in [4.69, 9.17) is 9.47 Å². The highest BCUT2D eigenvalue weighted by Crippen LogP contribution is 2.29. The summed E-state index contributed by atoms with van der Waals surface area (Å²) in [4.78, 5) is 11.9. The van der Waals surface area contributed by atoms with Crippen molar-refractivity contribution in [2.75, 3.05) is 6.61 Å². The first kappa shape index (κ1) is 16.0. The lowest BCUT2D eigenvalue weighted by Gasteiger charge is -2.28. The van der Waals surface area contributed by atoms with Crippen molar-refractivity contribution in [2.24, 2.45) is 13.0 Å². The maximum absolute atomic E-state index is 11.9. The molecule has 0 aromatic carbocycles. The second kappa shape index (κ2) is 7.59. The van der Waals surface area contributed by atoms with Crippen LogP contribution < -0.4 is 0 Å². The molecule has 1 heterocycles. The third-order valence-corrected chi connectivity index (χ3v) is 4.32. The van der Waals surface area contributed by atoms with Gasteiger partial charge < -0.3 is 9.47 Å². The molecular weight excluding hydrogens is 268 g/mol. The Bertz CT molecular complexity index is 470. The largest absolute Gasteiger partial charge is 0.462 e. The molecule has 1 aliphatic carbocycles. The fourth-order valence-corrected chi connectivity index (χ4v) is 2.97. The molecular formula is C16H26N2O3. The summed E-state index contributed by atoms with van der Waals surface area (Å²) in [6, 6.07) is 0. The number of aromatic nitrogens is 2. The zero-order chi connectivity index (χ0) is 15.2. The van der Waals surface area contributed by atoms with Crippen molar-refractivity contribution in [3.63, 3.8) is 0 Å². The summed E-state index contributed by atoms with van der Waals surface area (Å²) in [6.07, 6.45) is 7.88. The van der Waals surface area contributed by atoms with E-state index in [1.165, 1.54) is 19.3 Å². The summed E-state index contributed by atoms with van der Waals surface area (Å²) in [5, 5.41) is 4.15. The number of carbonyl (C=O) groups excluding carboxylic acids is 1. The highest BCUT2D eigenvalue weighted by molar-refractivity contribution is 5.90. The van der Waals surface area contributed by atoms with E-state index in [1.54, 1.807) is 17.8 Å². The molecule has 0 bridgehead atoms. The van der Waals surface area contributed by atoms with Gasteiger partial charge in [-0.3, -0.25) is 4.68 Å².